The topological polar surface area (TPSA) is 0 Å². The second-order valence-electron chi connectivity index (χ2n) is 8.15. The SMILES string of the molecule is Brc1ccc(-c2cccs2)s1.Cc1cc[c-]s1.Cc1ccc(-c2ccc(-c3cccs3)s2)s1.Cc1ccc(Br)s1.[Br-].[H-].[H-].[Mg+2].[Mg+2]. The molecule has 218 valence electrons. The minimum absolute atomic E-state index is 0. The molecule has 43 heavy (non-hydrogen) atoms. The molecule has 0 fully saturated rings. The van der Waals surface area contributed by atoms with Gasteiger partial charge in [0.05, 0.1) is 7.57 Å². The summed E-state index contributed by atoms with van der Waals surface area (Å²) in [5.41, 5.74) is 0. The zero-order valence-electron chi connectivity index (χ0n) is 25.6. The van der Waals surface area contributed by atoms with Crippen LogP contribution >= 0.6 is 111 Å². The minimum atomic E-state index is 0. The molecule has 0 N–H and O–H groups in total. The first-order valence-corrected chi connectivity index (χ1v) is 19.4. The summed E-state index contributed by atoms with van der Waals surface area (Å²) in [5, 5.41) is 7.20. The maximum absolute atomic E-state index is 3.44. The fraction of sp³-hybridized carbons (Fsp3) is 0.0968. The van der Waals surface area contributed by atoms with Crippen LogP contribution in [0.4, 0.5) is 0 Å². The second kappa shape index (κ2) is 22.4. The molecular formula is C31H27Br3Mg2S7. The molecule has 0 aliphatic heterocycles. The molecule has 0 saturated carbocycles. The summed E-state index contributed by atoms with van der Waals surface area (Å²) in [6.07, 6.45) is 0. The number of thiophene rings is 7. The zero-order valence-corrected chi connectivity index (χ0v) is 36.9. The van der Waals surface area contributed by atoms with Gasteiger partial charge >= 0.3 is 46.1 Å². The summed E-state index contributed by atoms with van der Waals surface area (Å²) in [5.74, 6) is 0. The van der Waals surface area contributed by atoms with Crippen molar-refractivity contribution in [2.24, 2.45) is 0 Å². The van der Waals surface area contributed by atoms with Crippen LogP contribution in [0.2, 0.25) is 0 Å². The van der Waals surface area contributed by atoms with Crippen molar-refractivity contribution in [3.63, 3.8) is 0 Å². The standard InChI is InChI=1S/C13H10S3.C8H5BrS2.C5H5BrS.C5H5S.BrH.2Mg.2H/c1-9-4-5-12(15-9)13-7-6-11(16-13)10-3-2-8-14-10;9-8-4-3-7(11-8)6-2-1-5-10-6;1-4-2-3-5(6)7-4;1-5-3-2-4-6-5;;;;;/h2-8H,1H3;1-5H;2-3H,1H3;2-3H,1H3;1H;;;;/q;;;-1;;2*+2;2*-1/p-1. The molecule has 0 unspecified atom stereocenters. The van der Waals surface area contributed by atoms with Gasteiger partial charge in [0.1, 0.15) is 0 Å². The molecule has 7 aromatic rings. The van der Waals surface area contributed by atoms with Crippen molar-refractivity contribution >= 4 is 157 Å². The van der Waals surface area contributed by atoms with Crippen molar-refractivity contribution in [2.75, 3.05) is 0 Å². The van der Waals surface area contributed by atoms with E-state index in [0.29, 0.717) is 0 Å². The van der Waals surface area contributed by atoms with Crippen molar-refractivity contribution in [3.05, 3.63) is 123 Å². The van der Waals surface area contributed by atoms with Crippen LogP contribution in [0.3, 0.4) is 0 Å². The van der Waals surface area contributed by atoms with Crippen molar-refractivity contribution in [3.8, 4) is 29.3 Å². The predicted molar refractivity (Wildman–Crippen MR) is 209 cm³/mol. The van der Waals surface area contributed by atoms with Crippen molar-refractivity contribution in [1.29, 1.82) is 0 Å². The molecular weight excluding hydrogens is 885 g/mol. The molecule has 0 nitrogen and oxygen atoms in total. The first kappa shape index (κ1) is 41.9. The van der Waals surface area contributed by atoms with Crippen molar-refractivity contribution in [2.45, 2.75) is 20.8 Å². The molecule has 0 aliphatic carbocycles. The molecule has 7 aromatic heterocycles. The van der Waals surface area contributed by atoms with Crippen LogP contribution in [0.25, 0.3) is 29.3 Å². The smallest absolute Gasteiger partial charge is 1.00 e. The van der Waals surface area contributed by atoms with E-state index < -0.39 is 0 Å². The first-order chi connectivity index (χ1) is 19.4. The Morgan fingerprint density at radius 2 is 0.977 bits per heavy atom. The van der Waals surface area contributed by atoms with Gasteiger partial charge in [-0.1, -0.05) is 19.1 Å². The number of hydrogen-bond acceptors (Lipinski definition) is 7. The van der Waals surface area contributed by atoms with Crippen LogP contribution in [-0.4, -0.2) is 46.1 Å². The van der Waals surface area contributed by atoms with Gasteiger partial charge in [0, 0.05) is 39.0 Å². The van der Waals surface area contributed by atoms with E-state index in [-0.39, 0.29) is 65.9 Å². The summed E-state index contributed by atoms with van der Waals surface area (Å²) >= 11 is 19.3. The van der Waals surface area contributed by atoms with Gasteiger partial charge in [-0.15, -0.1) is 73.4 Å². The molecule has 0 aromatic carbocycles. The normalized spacial score (nSPS) is 9.42. The number of aryl methyl sites for hydroxylation is 3. The fourth-order valence-corrected chi connectivity index (χ4v) is 10.1. The van der Waals surface area contributed by atoms with Gasteiger partial charge in [0.2, 0.25) is 0 Å². The fourth-order valence-electron chi connectivity index (χ4n) is 3.17. The Labute approximate surface area is 345 Å². The molecule has 0 bridgehead atoms. The largest absolute Gasteiger partial charge is 2.00 e. The van der Waals surface area contributed by atoms with Crippen LogP contribution in [0.1, 0.15) is 17.5 Å². The van der Waals surface area contributed by atoms with E-state index in [0.717, 1.165) is 0 Å². The molecule has 12 heteroatoms. The Morgan fingerprint density at radius 1 is 0.512 bits per heavy atom. The average molecular weight is 912 g/mol. The van der Waals surface area contributed by atoms with E-state index in [1.54, 1.807) is 56.7 Å². The molecule has 0 radical (unpaired) electrons. The number of rotatable bonds is 3. The Balaban J connectivity index is 0. The van der Waals surface area contributed by atoms with Gasteiger partial charge in [-0.2, -0.15) is 10.9 Å². The first-order valence-electron chi connectivity index (χ1n) is 12.0. The monoisotopic (exact) mass is 908 g/mol. The number of halogens is 3. The van der Waals surface area contributed by atoms with Crippen LogP contribution in [0, 0.1) is 26.2 Å². The van der Waals surface area contributed by atoms with Crippen LogP contribution in [0.5, 0.6) is 0 Å². The molecule has 0 aliphatic rings. The molecule has 0 amide bonds. The van der Waals surface area contributed by atoms with Gasteiger partial charge in [0.15, 0.2) is 0 Å². The molecule has 0 spiro atoms. The van der Waals surface area contributed by atoms with E-state index in [1.807, 2.05) is 34.8 Å². The Morgan fingerprint density at radius 3 is 1.33 bits per heavy atom. The van der Waals surface area contributed by atoms with E-state index >= 15 is 0 Å². The molecule has 7 rings (SSSR count). The van der Waals surface area contributed by atoms with Gasteiger partial charge in [-0.3, -0.25) is 0 Å². The third kappa shape index (κ3) is 14.7. The predicted octanol–water partition coefficient (Wildman–Crippen LogP) is 10.9. The van der Waals surface area contributed by atoms with Gasteiger partial charge in [-0.05, 0) is 117 Å². The third-order valence-corrected chi connectivity index (χ3v) is 13.3. The van der Waals surface area contributed by atoms with Crippen LogP contribution in [0.15, 0.2) is 103 Å². The van der Waals surface area contributed by atoms with Gasteiger partial charge in [-0.25, -0.2) is 6.07 Å². The summed E-state index contributed by atoms with van der Waals surface area (Å²) in [7, 11) is 0. The van der Waals surface area contributed by atoms with Crippen molar-refractivity contribution in [1.82, 2.24) is 0 Å². The Bertz CT molecular complexity index is 1650. The summed E-state index contributed by atoms with van der Waals surface area (Å²) in [6.45, 7) is 6.32. The van der Waals surface area contributed by atoms with Gasteiger partial charge < -0.3 is 31.2 Å². The van der Waals surface area contributed by atoms with Crippen LogP contribution < -0.4 is 17.0 Å². The molecule has 7 heterocycles. The summed E-state index contributed by atoms with van der Waals surface area (Å²) in [6, 6.07) is 29.7. The summed E-state index contributed by atoms with van der Waals surface area (Å²) < 4.78 is 2.41. The minimum Gasteiger partial charge on any atom is -1.00 e. The number of hydrogen-bond donors (Lipinski definition) is 0. The van der Waals surface area contributed by atoms with E-state index in [4.69, 9.17) is 0 Å². The van der Waals surface area contributed by atoms with Crippen LogP contribution in [-0.2, 0) is 0 Å². The Hall–Kier alpha value is 0.872. The quantitative estimate of drug-likeness (QED) is 0.122. The molecule has 0 atom stereocenters. The third-order valence-electron chi connectivity index (χ3n) is 5.00. The summed E-state index contributed by atoms with van der Waals surface area (Å²) in [4.78, 5) is 12.2. The Kier molecular flexibility index (Phi) is 21.9. The van der Waals surface area contributed by atoms with Crippen molar-refractivity contribution < 1.29 is 19.8 Å². The maximum Gasteiger partial charge on any atom is 2.00 e. The second-order valence-corrected chi connectivity index (χ2v) is 18.6. The van der Waals surface area contributed by atoms with E-state index in [9.17, 15) is 0 Å². The van der Waals surface area contributed by atoms with Gasteiger partial charge in [0.25, 0.3) is 0 Å². The zero-order chi connectivity index (χ0) is 28.3. The van der Waals surface area contributed by atoms with E-state index in [1.165, 1.54) is 51.5 Å². The van der Waals surface area contributed by atoms with E-state index in [2.05, 4.69) is 142 Å². The average Bonchev–Trinajstić information content (AvgIpc) is 3.77. The maximum atomic E-state index is 3.44. The molecule has 0 saturated heterocycles.